The fraction of sp³-hybridized carbons (Fsp3) is 0.467. The van der Waals surface area contributed by atoms with Crippen molar-refractivity contribution in [3.63, 3.8) is 0 Å². The van der Waals surface area contributed by atoms with E-state index < -0.39 is 11.5 Å². The number of carboxylic acids is 1. The zero-order chi connectivity index (χ0) is 15.5. The summed E-state index contributed by atoms with van der Waals surface area (Å²) in [6, 6.07) is 8.56. The maximum Gasteiger partial charge on any atom is 0.333 e. The van der Waals surface area contributed by atoms with Crippen LogP contribution < -0.4 is 5.32 Å². The second kappa shape index (κ2) is 6.39. The zero-order valence-corrected chi connectivity index (χ0v) is 13.0. The third-order valence-corrected chi connectivity index (χ3v) is 4.95. The second-order valence-electron chi connectivity index (χ2n) is 5.34. The summed E-state index contributed by atoms with van der Waals surface area (Å²) in [5.74, 6) is 0.691. The largest absolute Gasteiger partial charge is 0.479 e. The SMILES string of the molecule is CC1CSCCN1C(=O)NC(C)(C(=O)O)c1ccccc1. The quantitative estimate of drug-likeness (QED) is 0.897. The van der Waals surface area contributed by atoms with E-state index in [2.05, 4.69) is 5.32 Å². The normalized spacial score (nSPS) is 21.4. The molecule has 0 aliphatic carbocycles. The molecule has 1 saturated heterocycles. The molecule has 2 N–H and O–H groups in total. The van der Waals surface area contributed by atoms with Crippen LogP contribution >= 0.6 is 11.8 Å². The summed E-state index contributed by atoms with van der Waals surface area (Å²) in [5.41, 5.74) is -0.868. The van der Waals surface area contributed by atoms with Gasteiger partial charge in [0.2, 0.25) is 0 Å². The number of urea groups is 1. The molecule has 1 aliphatic rings. The highest BCUT2D eigenvalue weighted by atomic mass is 32.2. The number of carboxylic acid groups (broad SMARTS) is 1. The van der Waals surface area contributed by atoms with Gasteiger partial charge in [-0.15, -0.1) is 0 Å². The molecular weight excluding hydrogens is 288 g/mol. The Kier molecular flexibility index (Phi) is 4.77. The Labute approximate surface area is 128 Å². The lowest BCUT2D eigenvalue weighted by molar-refractivity contribution is -0.144. The van der Waals surface area contributed by atoms with Gasteiger partial charge in [-0.05, 0) is 19.4 Å². The van der Waals surface area contributed by atoms with E-state index in [-0.39, 0.29) is 12.1 Å². The van der Waals surface area contributed by atoms with E-state index in [9.17, 15) is 14.7 Å². The van der Waals surface area contributed by atoms with Gasteiger partial charge in [0, 0.05) is 24.1 Å². The number of carbonyl (C=O) groups excluding carboxylic acids is 1. The molecule has 1 aromatic rings. The van der Waals surface area contributed by atoms with E-state index in [1.807, 2.05) is 13.0 Å². The number of aliphatic carboxylic acids is 1. The summed E-state index contributed by atoms with van der Waals surface area (Å²) < 4.78 is 0. The van der Waals surface area contributed by atoms with Crippen molar-refractivity contribution in [2.24, 2.45) is 0 Å². The molecule has 2 atom stereocenters. The van der Waals surface area contributed by atoms with Crippen LogP contribution in [0.1, 0.15) is 19.4 Å². The molecule has 0 saturated carbocycles. The van der Waals surface area contributed by atoms with Gasteiger partial charge in [-0.1, -0.05) is 30.3 Å². The van der Waals surface area contributed by atoms with Gasteiger partial charge in [-0.25, -0.2) is 9.59 Å². The maximum atomic E-state index is 12.4. The number of thioether (sulfide) groups is 1. The molecular formula is C15H20N2O3S. The maximum absolute atomic E-state index is 12.4. The summed E-state index contributed by atoms with van der Waals surface area (Å²) in [7, 11) is 0. The van der Waals surface area contributed by atoms with Crippen molar-refractivity contribution in [2.75, 3.05) is 18.1 Å². The Morgan fingerprint density at radius 3 is 2.62 bits per heavy atom. The molecule has 0 bridgehead atoms. The van der Waals surface area contributed by atoms with Gasteiger partial charge in [0.05, 0.1) is 0 Å². The van der Waals surface area contributed by atoms with Crippen molar-refractivity contribution in [2.45, 2.75) is 25.4 Å². The minimum absolute atomic E-state index is 0.109. The van der Waals surface area contributed by atoms with E-state index in [0.29, 0.717) is 12.1 Å². The van der Waals surface area contributed by atoms with Crippen LogP contribution in [0.3, 0.4) is 0 Å². The first-order valence-corrected chi connectivity index (χ1v) is 8.06. The standard InChI is InChI=1S/C15H20N2O3S/c1-11-10-21-9-8-17(11)14(20)16-15(2,13(18)19)12-6-4-3-5-7-12/h3-7,11H,8-10H2,1-2H3,(H,16,20)(H,18,19). The Balaban J connectivity index is 2.20. The Morgan fingerprint density at radius 1 is 1.38 bits per heavy atom. The number of nitrogens with zero attached hydrogens (tertiary/aromatic N) is 1. The van der Waals surface area contributed by atoms with Crippen molar-refractivity contribution in [3.05, 3.63) is 35.9 Å². The van der Waals surface area contributed by atoms with Gasteiger partial charge in [0.25, 0.3) is 0 Å². The van der Waals surface area contributed by atoms with Crippen molar-refractivity contribution in [3.8, 4) is 0 Å². The minimum atomic E-state index is -1.43. The Morgan fingerprint density at radius 2 is 2.05 bits per heavy atom. The van der Waals surface area contributed by atoms with Crippen LogP contribution in [0, 0.1) is 0 Å². The topological polar surface area (TPSA) is 69.6 Å². The number of hydrogen-bond acceptors (Lipinski definition) is 3. The molecule has 114 valence electrons. The Bertz CT molecular complexity index is 523. The predicted octanol–water partition coefficient (Wildman–Crippen LogP) is 2.13. The van der Waals surface area contributed by atoms with Crippen LogP contribution in [0.2, 0.25) is 0 Å². The molecule has 0 spiro atoms. The number of carbonyl (C=O) groups is 2. The van der Waals surface area contributed by atoms with Crippen LogP contribution in [0.4, 0.5) is 4.79 Å². The number of benzene rings is 1. The fourth-order valence-electron chi connectivity index (χ4n) is 2.34. The Hall–Kier alpha value is -1.69. The van der Waals surface area contributed by atoms with Gasteiger partial charge in [0.1, 0.15) is 0 Å². The first-order chi connectivity index (χ1) is 9.95. The number of nitrogens with one attached hydrogen (secondary N) is 1. The monoisotopic (exact) mass is 308 g/mol. The highest BCUT2D eigenvalue weighted by Crippen LogP contribution is 2.23. The van der Waals surface area contributed by atoms with E-state index >= 15 is 0 Å². The fourth-order valence-corrected chi connectivity index (χ4v) is 3.35. The smallest absolute Gasteiger partial charge is 0.333 e. The summed E-state index contributed by atoms with van der Waals surface area (Å²) in [6.07, 6.45) is 0. The van der Waals surface area contributed by atoms with Crippen LogP contribution in [0.15, 0.2) is 30.3 Å². The van der Waals surface area contributed by atoms with Gasteiger partial charge in [0.15, 0.2) is 5.54 Å². The molecule has 0 aromatic heterocycles. The molecule has 2 unspecified atom stereocenters. The first kappa shape index (κ1) is 15.7. The van der Waals surface area contributed by atoms with E-state index in [4.69, 9.17) is 0 Å². The minimum Gasteiger partial charge on any atom is -0.479 e. The number of rotatable bonds is 3. The van der Waals surface area contributed by atoms with Gasteiger partial charge in [-0.2, -0.15) is 11.8 Å². The molecule has 6 heteroatoms. The van der Waals surface area contributed by atoms with Crippen LogP contribution in [-0.4, -0.2) is 46.1 Å². The second-order valence-corrected chi connectivity index (χ2v) is 6.49. The average Bonchev–Trinajstić information content (AvgIpc) is 2.48. The molecule has 0 radical (unpaired) electrons. The molecule has 1 heterocycles. The highest BCUT2D eigenvalue weighted by molar-refractivity contribution is 7.99. The summed E-state index contributed by atoms with van der Waals surface area (Å²) in [5, 5.41) is 12.2. The lowest BCUT2D eigenvalue weighted by Crippen LogP contribution is -2.57. The lowest BCUT2D eigenvalue weighted by atomic mass is 9.92. The summed E-state index contributed by atoms with van der Waals surface area (Å²) >= 11 is 1.81. The zero-order valence-electron chi connectivity index (χ0n) is 12.2. The summed E-state index contributed by atoms with van der Waals surface area (Å²) in [4.78, 5) is 25.8. The molecule has 1 aliphatic heterocycles. The van der Waals surface area contributed by atoms with Gasteiger partial charge in [-0.3, -0.25) is 0 Å². The van der Waals surface area contributed by atoms with Crippen molar-refractivity contribution in [1.82, 2.24) is 10.2 Å². The highest BCUT2D eigenvalue weighted by Gasteiger charge is 2.38. The number of hydrogen-bond donors (Lipinski definition) is 2. The third kappa shape index (κ3) is 3.32. The molecule has 1 fully saturated rings. The lowest BCUT2D eigenvalue weighted by Gasteiger charge is -2.36. The van der Waals surface area contributed by atoms with Gasteiger partial charge < -0.3 is 15.3 Å². The van der Waals surface area contributed by atoms with Crippen LogP contribution in [0.5, 0.6) is 0 Å². The molecule has 2 amide bonds. The molecule has 2 rings (SSSR count). The summed E-state index contributed by atoms with van der Waals surface area (Å²) in [6.45, 7) is 4.14. The molecule has 5 nitrogen and oxygen atoms in total. The van der Waals surface area contributed by atoms with E-state index in [0.717, 1.165) is 11.5 Å². The number of amides is 2. The van der Waals surface area contributed by atoms with Gasteiger partial charge >= 0.3 is 12.0 Å². The first-order valence-electron chi connectivity index (χ1n) is 6.90. The van der Waals surface area contributed by atoms with E-state index in [1.165, 1.54) is 6.92 Å². The third-order valence-electron chi connectivity index (χ3n) is 3.76. The van der Waals surface area contributed by atoms with Crippen molar-refractivity contribution in [1.29, 1.82) is 0 Å². The average molecular weight is 308 g/mol. The molecule has 21 heavy (non-hydrogen) atoms. The molecule has 1 aromatic carbocycles. The van der Waals surface area contributed by atoms with Crippen molar-refractivity contribution < 1.29 is 14.7 Å². The predicted molar refractivity (Wildman–Crippen MR) is 83.5 cm³/mol. The van der Waals surface area contributed by atoms with Crippen molar-refractivity contribution >= 4 is 23.8 Å². The van der Waals surface area contributed by atoms with Crippen LogP contribution in [-0.2, 0) is 10.3 Å². The van der Waals surface area contributed by atoms with E-state index in [1.54, 1.807) is 40.9 Å². The van der Waals surface area contributed by atoms with Crippen LogP contribution in [0.25, 0.3) is 0 Å².